The van der Waals surface area contributed by atoms with Crippen LogP contribution in [0.2, 0.25) is 0 Å². The average Bonchev–Trinajstić information content (AvgIpc) is 1.58. The normalized spacial score (nSPS) is 17.3. The lowest BCUT2D eigenvalue weighted by Gasteiger charge is -2.29. The van der Waals surface area contributed by atoms with Crippen molar-refractivity contribution in [1.82, 2.24) is 25.8 Å². The molecule has 0 N–H and O–H groups in total. The van der Waals surface area contributed by atoms with Gasteiger partial charge < -0.3 is 45.5 Å². The van der Waals surface area contributed by atoms with Gasteiger partial charge in [0.2, 0.25) is 60.1 Å². The van der Waals surface area contributed by atoms with Crippen molar-refractivity contribution < 1.29 is 101 Å². The molecule has 0 atom stereocenters. The Morgan fingerprint density at radius 1 is 0.336 bits per heavy atom. The number of carbonyl (C=O) groups is 1. The maximum absolute atomic E-state index is 12.8. The molecule has 18 rings (SSSR count). The predicted octanol–water partition coefficient (Wildman–Crippen LogP) is 13.9. The number of hydrogen-bond acceptors (Lipinski definition) is 29. The van der Waals surface area contributed by atoms with Crippen LogP contribution in [0.1, 0.15) is 135 Å². The van der Waals surface area contributed by atoms with Crippen molar-refractivity contribution >= 4 is 148 Å². The summed E-state index contributed by atoms with van der Waals surface area (Å²) in [6.07, 6.45) is 9.58. The summed E-state index contributed by atoms with van der Waals surface area (Å²) in [6, 6.07) is 38.1. The summed E-state index contributed by atoms with van der Waals surface area (Å²) < 4.78 is 213. The standard InChI is InChI=1S/C17H19NO6S.C17H21NO5S.C16H19NO5S.C16H19NO4S.C15H16BrNO4S.C14H15NO5S/c1-11-5-7-18(8-6-11)25(21,22)15-10-13-9-12(16(19)23-2)3-4-14(13)24-17(15)20;1-3-22-14-6-4-5-13-11-15(17(19)23-16(13)14)24(20,21)18-9-7-12(2)8-10-18;1-11-6-8-17(9-7-11)23(19,20)14-10-12-4-3-5-13(21-2)15(12)22-16(14)18;1-11-5-7-17(8-6-11)22(19,20)15-10-13-9-12(2)3-4-14(13)21-16(15)18;1-10-4-6-17(7-5-10)22(19,20)14-9-11-8-12(16)2-3-13(11)21-15(14)18;1-19-11-4-5-12-10(8-11)9-13(14(16)20-12)21(17,18)15-6-2-3-7-15/h3-4,9-11H,5-8H2,1-2H3;4-6,11-12H,3,7-10H2,1-2H3;3-5,10-11H,6-9H2,1-2H3;3-4,9-11H,5-8H2,1-2H3;2-3,8-10H,4-7H2,1H3;4-5,8-9H,2-3,6-7H2,1H3. The van der Waals surface area contributed by atoms with E-state index in [9.17, 15) is 84.1 Å². The lowest BCUT2D eigenvalue weighted by Crippen LogP contribution is -2.39. The fraction of sp³-hybridized carbons (Fsp3) is 0.421. The molecule has 35 nitrogen and oxygen atoms in total. The van der Waals surface area contributed by atoms with Gasteiger partial charge in [-0.05, 0) is 236 Å². The first kappa shape index (κ1) is 104. The highest BCUT2D eigenvalue weighted by atomic mass is 79.9. The van der Waals surface area contributed by atoms with Crippen molar-refractivity contribution in [2.45, 2.75) is 155 Å². The van der Waals surface area contributed by atoms with E-state index in [0.717, 1.165) is 87.1 Å². The number of hydrogen-bond donors (Lipinski definition) is 0. The maximum Gasteiger partial charge on any atom is 0.356 e. The number of piperidine rings is 5. The summed E-state index contributed by atoms with van der Waals surface area (Å²) in [6.45, 7) is 19.8. The fourth-order valence-electron chi connectivity index (χ4n) is 16.5. The van der Waals surface area contributed by atoms with Crippen LogP contribution in [-0.2, 0) is 64.9 Å². The van der Waals surface area contributed by atoms with Gasteiger partial charge in [0.15, 0.2) is 52.0 Å². The second kappa shape index (κ2) is 43.8. The first-order valence-corrected chi connectivity index (χ1v) is 54.3. The monoisotopic (exact) mass is 2070 g/mol. The Hall–Kier alpha value is -10.6. The number of carbonyl (C=O) groups excluding carboxylic acids is 1. The minimum atomic E-state index is -3.94. The number of ether oxygens (including phenoxy) is 4. The summed E-state index contributed by atoms with van der Waals surface area (Å²) in [5.41, 5.74) is -1.97. The van der Waals surface area contributed by atoms with Crippen LogP contribution in [0.5, 0.6) is 17.2 Å². The molecule has 12 aromatic rings. The van der Waals surface area contributed by atoms with Crippen molar-refractivity contribution in [3.63, 3.8) is 0 Å². The Morgan fingerprint density at radius 2 is 0.628 bits per heavy atom. The minimum absolute atomic E-state index is 0.212. The van der Waals surface area contributed by atoms with E-state index in [4.69, 9.17) is 40.7 Å². The van der Waals surface area contributed by atoms with Gasteiger partial charge in [-0.15, -0.1) is 0 Å². The Bertz CT molecular complexity index is 7490. The zero-order valence-corrected chi connectivity index (χ0v) is 83.8. The van der Waals surface area contributed by atoms with E-state index >= 15 is 0 Å². The lowest BCUT2D eigenvalue weighted by molar-refractivity contribution is 0.0600. The van der Waals surface area contributed by atoms with E-state index in [1.54, 1.807) is 78.9 Å². The van der Waals surface area contributed by atoms with Gasteiger partial charge >= 0.3 is 39.7 Å². The van der Waals surface area contributed by atoms with Crippen LogP contribution in [0.4, 0.5) is 0 Å². The first-order chi connectivity index (χ1) is 65.0. The lowest BCUT2D eigenvalue weighted by atomic mass is 10.0. The van der Waals surface area contributed by atoms with E-state index in [2.05, 4.69) is 55.3 Å². The largest absolute Gasteiger partial charge is 0.497 e. The number of nitrogens with zero attached hydrogens (tertiary/aromatic N) is 6. The van der Waals surface area contributed by atoms with Crippen LogP contribution < -0.4 is 48.0 Å². The molecule has 0 bridgehead atoms. The van der Waals surface area contributed by atoms with E-state index in [0.29, 0.717) is 181 Å². The topological polar surface area (TPSA) is 460 Å². The maximum atomic E-state index is 12.8. The van der Waals surface area contributed by atoms with Gasteiger partial charge in [0.05, 0.1) is 33.5 Å². The molecule has 0 amide bonds. The van der Waals surface area contributed by atoms with Crippen LogP contribution in [0.3, 0.4) is 0 Å². The van der Waals surface area contributed by atoms with Crippen LogP contribution in [-0.4, -0.2) is 189 Å². The van der Waals surface area contributed by atoms with Crippen molar-refractivity contribution in [3.8, 4) is 17.2 Å². The van der Waals surface area contributed by atoms with Crippen LogP contribution >= 0.6 is 15.9 Å². The number of rotatable bonds is 17. The van der Waals surface area contributed by atoms with Crippen molar-refractivity contribution in [2.75, 3.05) is 106 Å². The Kier molecular flexibility index (Phi) is 33.2. The second-order valence-corrected chi connectivity index (χ2v) is 47.1. The Labute approximate surface area is 800 Å². The molecule has 736 valence electrons. The molecule has 6 fully saturated rings. The zero-order chi connectivity index (χ0) is 99.0. The number of benzene rings is 6. The highest BCUT2D eigenvalue weighted by Crippen LogP contribution is 2.35. The van der Waals surface area contributed by atoms with E-state index < -0.39 is 105 Å². The second-order valence-electron chi connectivity index (χ2n) is 34.8. The number of aryl methyl sites for hydroxylation is 1. The van der Waals surface area contributed by atoms with Gasteiger partial charge in [-0.3, -0.25) is 0 Å². The first-order valence-electron chi connectivity index (χ1n) is 44.8. The molecule has 0 unspecified atom stereocenters. The summed E-state index contributed by atoms with van der Waals surface area (Å²) >= 11 is 3.33. The third-order valence-electron chi connectivity index (χ3n) is 24.9. The van der Waals surface area contributed by atoms with E-state index in [1.807, 2.05) is 26.0 Å². The number of esters is 1. The molecule has 0 saturated carbocycles. The fourth-order valence-corrected chi connectivity index (χ4v) is 25.9. The summed E-state index contributed by atoms with van der Waals surface area (Å²) in [4.78, 5) is 82.7. The molecule has 6 aromatic carbocycles. The van der Waals surface area contributed by atoms with Gasteiger partial charge in [-0.1, -0.05) is 86.4 Å². The zero-order valence-electron chi connectivity index (χ0n) is 77.3. The predicted molar refractivity (Wildman–Crippen MR) is 517 cm³/mol. The number of fused-ring (bicyclic) bond motifs is 6. The van der Waals surface area contributed by atoms with Gasteiger partial charge in [0, 0.05) is 115 Å². The molecular weight excluding hydrogens is 1960 g/mol. The van der Waals surface area contributed by atoms with E-state index in [1.165, 1.54) is 102 Å². The van der Waals surface area contributed by atoms with Crippen LogP contribution in [0.25, 0.3) is 65.8 Å². The van der Waals surface area contributed by atoms with Gasteiger partial charge in [0.25, 0.3) is 0 Å². The van der Waals surface area contributed by atoms with Crippen molar-refractivity contribution in [1.29, 1.82) is 0 Å². The van der Waals surface area contributed by atoms with Crippen molar-refractivity contribution in [2.24, 2.45) is 29.6 Å². The molecule has 42 heteroatoms. The third kappa shape index (κ3) is 23.8. The number of halogens is 1. The average molecular weight is 2070 g/mol. The highest BCUT2D eigenvalue weighted by molar-refractivity contribution is 9.10. The molecule has 137 heavy (non-hydrogen) atoms. The number of sulfonamides is 6. The van der Waals surface area contributed by atoms with Crippen molar-refractivity contribution in [3.05, 3.63) is 224 Å². The SMILES string of the molecule is CC1CCN(S(=O)(=O)c2cc3cc(Br)ccc3oc2=O)CC1.CCOc1cccc2cc(S(=O)(=O)N3CCC(C)CC3)c(=O)oc12.COC(=O)c1ccc2oc(=O)c(S(=O)(=O)N3CCC(C)CC3)cc2c1.COc1ccc2oc(=O)c(S(=O)(=O)N3CCCC3)cc2c1.COc1cccc2cc(S(=O)(=O)N3CCC(C)CC3)c(=O)oc12.Cc1ccc2oc(=O)c(S(=O)(=O)N3CCC(C)CC3)cc2c1. The minimum Gasteiger partial charge on any atom is -0.497 e. The van der Waals surface area contributed by atoms with E-state index in [-0.39, 0.29) is 46.8 Å². The molecule has 6 aromatic heterocycles. The number of methoxy groups -OCH3 is 3. The molecule has 6 saturated heterocycles. The van der Waals surface area contributed by atoms with Gasteiger partial charge in [-0.25, -0.2) is 84.1 Å². The smallest absolute Gasteiger partial charge is 0.356 e. The van der Waals surface area contributed by atoms with Gasteiger partial charge in [-0.2, -0.15) is 25.8 Å². The van der Waals surface area contributed by atoms with Crippen LogP contribution in [0, 0.1) is 36.5 Å². The molecule has 6 aliphatic rings. The molecule has 12 heterocycles. The molecule has 0 aliphatic carbocycles. The molecular formula is C95H109BrN6O29S6. The molecule has 0 spiro atoms. The third-order valence-corrected chi connectivity index (χ3v) is 36.7. The summed E-state index contributed by atoms with van der Waals surface area (Å²) in [7, 11) is -18.8. The van der Waals surface area contributed by atoms with Crippen LogP contribution in [0.15, 0.2) is 235 Å². The quantitative estimate of drug-likeness (QED) is 0.0603. The highest BCUT2D eigenvalue weighted by Gasteiger charge is 2.39. The van der Waals surface area contributed by atoms with Gasteiger partial charge in [0.1, 0.15) is 28.1 Å². The molecule has 6 aliphatic heterocycles. The Balaban J connectivity index is 0.000000139. The number of para-hydroxylation sites is 2. The molecule has 0 radical (unpaired) electrons. The Morgan fingerprint density at radius 3 is 0.971 bits per heavy atom. The summed E-state index contributed by atoms with van der Waals surface area (Å²) in [5.74, 6) is 3.33. The summed E-state index contributed by atoms with van der Waals surface area (Å²) in [5, 5.41) is 3.14.